The minimum Gasteiger partial charge on any atom is -0.371 e. The molecule has 0 spiro atoms. The van der Waals surface area contributed by atoms with Gasteiger partial charge in [-0.2, -0.15) is 0 Å². The second kappa shape index (κ2) is 7.60. The van der Waals surface area contributed by atoms with Gasteiger partial charge in [0.2, 0.25) is 11.9 Å². The van der Waals surface area contributed by atoms with Gasteiger partial charge in [0.1, 0.15) is 0 Å². The predicted octanol–water partition coefficient (Wildman–Crippen LogP) is 1.21. The summed E-state index contributed by atoms with van der Waals surface area (Å²) in [6, 6.07) is 7.18. The van der Waals surface area contributed by atoms with Crippen molar-refractivity contribution >= 4 is 11.9 Å². The largest absolute Gasteiger partial charge is 0.371 e. The van der Waals surface area contributed by atoms with E-state index in [1.165, 1.54) is 0 Å². The lowest BCUT2D eigenvalue weighted by atomic mass is 10.1. The van der Waals surface area contributed by atoms with Crippen LogP contribution >= 0.6 is 0 Å². The highest BCUT2D eigenvalue weighted by molar-refractivity contribution is 5.92. The van der Waals surface area contributed by atoms with Crippen LogP contribution in [0.1, 0.15) is 42.6 Å². The first kappa shape index (κ1) is 17.3. The Balaban J connectivity index is 1.76. The molecular weight excluding hydrogens is 320 g/mol. The number of tetrazole rings is 1. The van der Waals surface area contributed by atoms with Crippen LogP contribution in [0.5, 0.6) is 0 Å². The quantitative estimate of drug-likeness (QED) is 0.846. The van der Waals surface area contributed by atoms with Crippen molar-refractivity contribution in [3.05, 3.63) is 35.4 Å². The molecule has 1 aliphatic rings. The van der Waals surface area contributed by atoms with E-state index in [-0.39, 0.29) is 12.2 Å². The molecule has 2 aromatic rings. The Morgan fingerprint density at radius 3 is 2.40 bits per heavy atom. The van der Waals surface area contributed by atoms with E-state index < -0.39 is 5.91 Å². The summed E-state index contributed by atoms with van der Waals surface area (Å²) in [5, 5.41) is 12.2. The fourth-order valence-electron chi connectivity index (χ4n) is 3.01. The zero-order chi connectivity index (χ0) is 17.8. The van der Waals surface area contributed by atoms with Crippen LogP contribution in [0.25, 0.3) is 0 Å². The minimum absolute atomic E-state index is 0.193. The van der Waals surface area contributed by atoms with Gasteiger partial charge in [0, 0.05) is 18.7 Å². The molecule has 0 saturated carbocycles. The molecule has 1 amide bonds. The molecule has 8 nitrogen and oxygen atoms in total. The zero-order valence-electron chi connectivity index (χ0n) is 14.6. The number of carbonyl (C=O) groups excluding carboxylic acids is 1. The molecule has 2 N–H and O–H groups in total. The molecule has 0 aliphatic carbocycles. The molecule has 134 valence electrons. The Labute approximate surface area is 146 Å². The zero-order valence-corrected chi connectivity index (χ0v) is 14.6. The summed E-state index contributed by atoms with van der Waals surface area (Å²) in [7, 11) is 0. The molecule has 0 radical (unpaired) electrons. The van der Waals surface area contributed by atoms with E-state index in [1.807, 2.05) is 12.1 Å². The van der Waals surface area contributed by atoms with E-state index in [0.29, 0.717) is 12.1 Å². The molecule has 1 aliphatic heterocycles. The maximum Gasteiger partial charge on any atom is 0.248 e. The van der Waals surface area contributed by atoms with E-state index in [9.17, 15) is 4.79 Å². The van der Waals surface area contributed by atoms with E-state index in [1.54, 1.807) is 16.8 Å². The third-order valence-corrected chi connectivity index (χ3v) is 4.51. The number of hydrogen-bond acceptors (Lipinski definition) is 6. The second-order valence-electron chi connectivity index (χ2n) is 6.30. The molecule has 1 saturated heterocycles. The summed E-state index contributed by atoms with van der Waals surface area (Å²) < 4.78 is 7.83. The second-order valence-corrected chi connectivity index (χ2v) is 6.30. The fraction of sp³-hybridized carbons (Fsp3) is 0.529. The van der Waals surface area contributed by atoms with Gasteiger partial charge in [0.15, 0.2) is 0 Å². The molecule has 0 bridgehead atoms. The molecule has 1 fully saturated rings. The molecule has 1 aromatic carbocycles. The molecule has 8 heteroatoms. The average Bonchev–Trinajstić information content (AvgIpc) is 3.09. The fourth-order valence-corrected chi connectivity index (χ4v) is 3.01. The number of morpholine rings is 1. The lowest BCUT2D eigenvalue weighted by Gasteiger charge is -2.37. The molecule has 3 rings (SSSR count). The summed E-state index contributed by atoms with van der Waals surface area (Å²) in [5.74, 6) is 0.318. The van der Waals surface area contributed by atoms with Crippen molar-refractivity contribution in [2.24, 2.45) is 5.73 Å². The number of carbonyl (C=O) groups is 1. The van der Waals surface area contributed by atoms with Gasteiger partial charge in [-0.3, -0.25) is 4.79 Å². The van der Waals surface area contributed by atoms with Crippen molar-refractivity contribution in [3.8, 4) is 0 Å². The van der Waals surface area contributed by atoms with Crippen molar-refractivity contribution in [3.63, 3.8) is 0 Å². The van der Waals surface area contributed by atoms with Crippen LogP contribution in [0.2, 0.25) is 0 Å². The Morgan fingerprint density at radius 1 is 1.20 bits per heavy atom. The Kier molecular flexibility index (Phi) is 5.28. The van der Waals surface area contributed by atoms with Crippen LogP contribution in [0.4, 0.5) is 5.95 Å². The number of amides is 1. The topological polar surface area (TPSA) is 99.2 Å². The van der Waals surface area contributed by atoms with Gasteiger partial charge < -0.3 is 15.4 Å². The first-order valence-electron chi connectivity index (χ1n) is 8.66. The summed E-state index contributed by atoms with van der Waals surface area (Å²) in [6.07, 6.45) is 2.31. The van der Waals surface area contributed by atoms with Crippen LogP contribution in [0, 0.1) is 0 Å². The standard InChI is InChI=1S/C17H24N6O2/c1-3-14-10-22(11-15(4-2)25-14)17-19-20-21-23(17)9-12-5-7-13(8-6-12)16(18)24/h5-8,14-15H,3-4,9-11H2,1-2H3,(H2,18,24). The minimum atomic E-state index is -0.431. The average molecular weight is 344 g/mol. The first-order valence-corrected chi connectivity index (χ1v) is 8.66. The Bertz CT molecular complexity index is 702. The van der Waals surface area contributed by atoms with E-state index >= 15 is 0 Å². The molecule has 25 heavy (non-hydrogen) atoms. The van der Waals surface area contributed by atoms with Crippen molar-refractivity contribution in [2.45, 2.75) is 45.4 Å². The number of nitrogens with zero attached hydrogens (tertiary/aromatic N) is 5. The lowest BCUT2D eigenvalue weighted by molar-refractivity contribution is -0.0292. The van der Waals surface area contributed by atoms with E-state index in [0.717, 1.165) is 37.4 Å². The summed E-state index contributed by atoms with van der Waals surface area (Å²) >= 11 is 0. The van der Waals surface area contributed by atoms with Gasteiger partial charge >= 0.3 is 0 Å². The number of benzene rings is 1. The molecule has 2 atom stereocenters. The van der Waals surface area contributed by atoms with Crippen LogP contribution in [-0.4, -0.2) is 51.4 Å². The van der Waals surface area contributed by atoms with E-state index in [4.69, 9.17) is 10.5 Å². The predicted molar refractivity (Wildman–Crippen MR) is 93.3 cm³/mol. The Morgan fingerprint density at radius 2 is 1.84 bits per heavy atom. The van der Waals surface area contributed by atoms with Crippen molar-refractivity contribution in [2.75, 3.05) is 18.0 Å². The maximum absolute atomic E-state index is 11.2. The molecular formula is C17H24N6O2. The number of aromatic nitrogens is 4. The number of nitrogens with two attached hydrogens (primary N) is 1. The van der Waals surface area contributed by atoms with Gasteiger partial charge in [-0.1, -0.05) is 31.1 Å². The van der Waals surface area contributed by atoms with Gasteiger partial charge in [-0.05, 0) is 41.0 Å². The SMILES string of the molecule is CCC1CN(c2nnnn2Cc2ccc(C(N)=O)cc2)CC(CC)O1. The highest BCUT2D eigenvalue weighted by Gasteiger charge is 2.28. The van der Waals surface area contributed by atoms with Crippen molar-refractivity contribution in [1.29, 1.82) is 0 Å². The van der Waals surface area contributed by atoms with Crippen LogP contribution in [0.15, 0.2) is 24.3 Å². The monoisotopic (exact) mass is 344 g/mol. The molecule has 1 aromatic heterocycles. The number of rotatable bonds is 6. The summed E-state index contributed by atoms with van der Waals surface area (Å²) in [4.78, 5) is 13.4. The molecule has 2 unspecified atom stereocenters. The van der Waals surface area contributed by atoms with Gasteiger partial charge in [0.25, 0.3) is 0 Å². The number of primary amides is 1. The van der Waals surface area contributed by atoms with Gasteiger partial charge in [0.05, 0.1) is 18.8 Å². The van der Waals surface area contributed by atoms with E-state index in [2.05, 4.69) is 34.3 Å². The number of hydrogen-bond donors (Lipinski definition) is 1. The molecule has 2 heterocycles. The van der Waals surface area contributed by atoms with Crippen molar-refractivity contribution in [1.82, 2.24) is 20.2 Å². The Hall–Kier alpha value is -2.48. The number of ether oxygens (including phenoxy) is 1. The van der Waals surface area contributed by atoms with Crippen molar-refractivity contribution < 1.29 is 9.53 Å². The maximum atomic E-state index is 11.2. The number of anilines is 1. The summed E-state index contributed by atoms with van der Waals surface area (Å²) in [6.45, 7) is 6.36. The highest BCUT2D eigenvalue weighted by Crippen LogP contribution is 2.21. The normalized spacial score (nSPS) is 20.6. The summed E-state index contributed by atoms with van der Waals surface area (Å²) in [5.41, 5.74) is 6.78. The smallest absolute Gasteiger partial charge is 0.248 e. The third kappa shape index (κ3) is 3.96. The lowest BCUT2D eigenvalue weighted by Crippen LogP contribution is -2.48. The van der Waals surface area contributed by atoms with Crippen LogP contribution < -0.4 is 10.6 Å². The van der Waals surface area contributed by atoms with Gasteiger partial charge in [-0.15, -0.1) is 0 Å². The van der Waals surface area contributed by atoms with Crippen LogP contribution in [0.3, 0.4) is 0 Å². The highest BCUT2D eigenvalue weighted by atomic mass is 16.5. The van der Waals surface area contributed by atoms with Crippen LogP contribution in [-0.2, 0) is 11.3 Å². The third-order valence-electron chi connectivity index (χ3n) is 4.51. The first-order chi connectivity index (χ1) is 12.1. The van der Waals surface area contributed by atoms with Gasteiger partial charge in [-0.25, -0.2) is 4.68 Å².